The van der Waals surface area contributed by atoms with Crippen molar-refractivity contribution >= 4 is 5.91 Å². The molecule has 1 amide bonds. The summed E-state index contributed by atoms with van der Waals surface area (Å²) in [6, 6.07) is 3.63. The van der Waals surface area contributed by atoms with Crippen LogP contribution in [0.1, 0.15) is 18.1 Å². The van der Waals surface area contributed by atoms with Gasteiger partial charge in [-0.25, -0.2) is 0 Å². The van der Waals surface area contributed by atoms with Crippen LogP contribution in [0.2, 0.25) is 0 Å². The summed E-state index contributed by atoms with van der Waals surface area (Å²) in [6.07, 6.45) is 1.96. The van der Waals surface area contributed by atoms with Crippen molar-refractivity contribution in [3.8, 4) is 0 Å². The first-order valence-corrected chi connectivity index (χ1v) is 4.22. The molecule has 0 aliphatic heterocycles. The van der Waals surface area contributed by atoms with Crippen molar-refractivity contribution in [1.29, 1.82) is 0 Å². The molecule has 72 valence electrons. The molecular formula is C9H14N2O2. The van der Waals surface area contributed by atoms with E-state index in [2.05, 4.69) is 5.32 Å². The van der Waals surface area contributed by atoms with Crippen LogP contribution in [0.15, 0.2) is 22.8 Å². The van der Waals surface area contributed by atoms with E-state index in [1.165, 1.54) is 0 Å². The zero-order valence-corrected chi connectivity index (χ0v) is 7.62. The first-order chi connectivity index (χ1) is 6.27. The van der Waals surface area contributed by atoms with E-state index in [1.54, 1.807) is 19.4 Å². The van der Waals surface area contributed by atoms with Crippen LogP contribution in [0.25, 0.3) is 0 Å². The summed E-state index contributed by atoms with van der Waals surface area (Å²) in [7, 11) is 1.61. The Morgan fingerprint density at radius 3 is 3.00 bits per heavy atom. The minimum absolute atomic E-state index is 0.0186. The van der Waals surface area contributed by atoms with Gasteiger partial charge in [0.2, 0.25) is 5.91 Å². The van der Waals surface area contributed by atoms with Gasteiger partial charge in [0, 0.05) is 25.9 Å². The van der Waals surface area contributed by atoms with Gasteiger partial charge in [-0.1, -0.05) is 0 Å². The molecule has 0 bridgehead atoms. The Kier molecular flexibility index (Phi) is 3.52. The van der Waals surface area contributed by atoms with Gasteiger partial charge in [0.25, 0.3) is 0 Å². The van der Waals surface area contributed by atoms with E-state index in [-0.39, 0.29) is 11.8 Å². The van der Waals surface area contributed by atoms with E-state index in [4.69, 9.17) is 10.2 Å². The van der Waals surface area contributed by atoms with Crippen molar-refractivity contribution in [2.75, 3.05) is 13.6 Å². The summed E-state index contributed by atoms with van der Waals surface area (Å²) in [6.45, 7) is 0.418. The van der Waals surface area contributed by atoms with Crippen LogP contribution in [0, 0.1) is 0 Å². The lowest BCUT2D eigenvalue weighted by Gasteiger charge is -2.10. The minimum atomic E-state index is -0.0214. The molecule has 0 radical (unpaired) electrons. The molecule has 1 atom stereocenters. The number of carbonyl (C=O) groups excluding carboxylic acids is 1. The highest BCUT2D eigenvalue weighted by molar-refractivity contribution is 5.76. The van der Waals surface area contributed by atoms with Crippen molar-refractivity contribution in [3.05, 3.63) is 24.2 Å². The van der Waals surface area contributed by atoms with E-state index in [1.807, 2.05) is 6.07 Å². The quantitative estimate of drug-likeness (QED) is 0.710. The maximum Gasteiger partial charge on any atom is 0.220 e. The number of nitrogens with one attached hydrogen (secondary N) is 1. The fourth-order valence-corrected chi connectivity index (χ4v) is 1.15. The molecular weight excluding hydrogens is 168 g/mol. The zero-order valence-electron chi connectivity index (χ0n) is 7.62. The van der Waals surface area contributed by atoms with E-state index < -0.39 is 0 Å². The molecule has 0 aliphatic rings. The molecule has 1 unspecified atom stereocenters. The molecule has 0 aliphatic carbocycles. The van der Waals surface area contributed by atoms with Crippen molar-refractivity contribution in [1.82, 2.24) is 5.32 Å². The van der Waals surface area contributed by atoms with Crippen LogP contribution in [-0.4, -0.2) is 19.5 Å². The van der Waals surface area contributed by atoms with Crippen LogP contribution in [0.5, 0.6) is 0 Å². The summed E-state index contributed by atoms with van der Waals surface area (Å²) in [5, 5.41) is 2.56. The molecule has 1 aromatic heterocycles. The monoisotopic (exact) mass is 182 g/mol. The summed E-state index contributed by atoms with van der Waals surface area (Å²) >= 11 is 0. The topological polar surface area (TPSA) is 68.3 Å². The van der Waals surface area contributed by atoms with Gasteiger partial charge in [-0.2, -0.15) is 0 Å². The molecule has 0 aromatic carbocycles. The Morgan fingerprint density at radius 1 is 1.77 bits per heavy atom. The maximum atomic E-state index is 11.1. The average molecular weight is 182 g/mol. The molecule has 4 heteroatoms. The average Bonchev–Trinajstić information content (AvgIpc) is 2.66. The smallest absolute Gasteiger partial charge is 0.220 e. The Morgan fingerprint density at radius 2 is 2.54 bits per heavy atom. The molecule has 0 spiro atoms. The lowest BCUT2D eigenvalue weighted by Crippen LogP contribution is -2.23. The van der Waals surface area contributed by atoms with Gasteiger partial charge in [-0.05, 0) is 12.1 Å². The predicted octanol–water partition coefficient (Wildman–Crippen LogP) is 0.458. The highest BCUT2D eigenvalue weighted by Gasteiger charge is 2.15. The van der Waals surface area contributed by atoms with Gasteiger partial charge < -0.3 is 15.5 Å². The third-order valence-electron chi connectivity index (χ3n) is 1.94. The standard InChI is InChI=1S/C9H14N2O2/c1-11-9(12)5-7(6-10)8-3-2-4-13-8/h2-4,7H,5-6,10H2,1H3,(H,11,12). The maximum absolute atomic E-state index is 11.1. The van der Waals surface area contributed by atoms with E-state index in [0.717, 1.165) is 5.76 Å². The van der Waals surface area contributed by atoms with Crippen LogP contribution >= 0.6 is 0 Å². The van der Waals surface area contributed by atoms with E-state index >= 15 is 0 Å². The summed E-state index contributed by atoms with van der Waals surface area (Å²) in [5.74, 6) is 0.730. The normalized spacial score (nSPS) is 12.5. The zero-order chi connectivity index (χ0) is 9.68. The van der Waals surface area contributed by atoms with Crippen LogP contribution < -0.4 is 11.1 Å². The van der Waals surface area contributed by atoms with Gasteiger partial charge >= 0.3 is 0 Å². The van der Waals surface area contributed by atoms with Gasteiger partial charge in [0.1, 0.15) is 5.76 Å². The fourth-order valence-electron chi connectivity index (χ4n) is 1.15. The van der Waals surface area contributed by atoms with Crippen LogP contribution in [0.3, 0.4) is 0 Å². The molecule has 3 N–H and O–H groups in total. The second-order valence-corrected chi connectivity index (χ2v) is 2.83. The first kappa shape index (κ1) is 9.80. The second-order valence-electron chi connectivity index (χ2n) is 2.83. The number of nitrogens with two attached hydrogens (primary N) is 1. The largest absolute Gasteiger partial charge is 0.469 e. The fraction of sp³-hybridized carbons (Fsp3) is 0.444. The molecule has 1 aromatic rings. The molecule has 13 heavy (non-hydrogen) atoms. The first-order valence-electron chi connectivity index (χ1n) is 4.22. The van der Waals surface area contributed by atoms with E-state index in [9.17, 15) is 4.79 Å². The van der Waals surface area contributed by atoms with E-state index in [0.29, 0.717) is 13.0 Å². The summed E-state index contributed by atoms with van der Waals surface area (Å²) in [4.78, 5) is 11.1. The van der Waals surface area contributed by atoms with Crippen molar-refractivity contribution in [2.45, 2.75) is 12.3 Å². The molecule has 0 fully saturated rings. The molecule has 0 saturated heterocycles. The van der Waals surface area contributed by atoms with Crippen molar-refractivity contribution in [2.24, 2.45) is 5.73 Å². The van der Waals surface area contributed by atoms with Crippen molar-refractivity contribution < 1.29 is 9.21 Å². The summed E-state index contributed by atoms with van der Waals surface area (Å²) < 4.78 is 5.17. The third-order valence-corrected chi connectivity index (χ3v) is 1.94. The second kappa shape index (κ2) is 4.67. The summed E-state index contributed by atoms with van der Waals surface area (Å²) in [5.41, 5.74) is 5.53. The number of rotatable bonds is 4. The number of hydrogen-bond acceptors (Lipinski definition) is 3. The Balaban J connectivity index is 2.58. The predicted molar refractivity (Wildman–Crippen MR) is 49.2 cm³/mol. The lowest BCUT2D eigenvalue weighted by molar-refractivity contribution is -0.121. The number of amides is 1. The Hall–Kier alpha value is -1.29. The molecule has 1 heterocycles. The van der Waals surface area contributed by atoms with Gasteiger partial charge in [-0.15, -0.1) is 0 Å². The molecule has 1 rings (SSSR count). The van der Waals surface area contributed by atoms with Gasteiger partial charge in [0.15, 0.2) is 0 Å². The highest BCUT2D eigenvalue weighted by atomic mass is 16.3. The van der Waals surface area contributed by atoms with Gasteiger partial charge in [-0.3, -0.25) is 4.79 Å². The van der Waals surface area contributed by atoms with Crippen molar-refractivity contribution in [3.63, 3.8) is 0 Å². The van der Waals surface area contributed by atoms with Crippen LogP contribution in [-0.2, 0) is 4.79 Å². The SMILES string of the molecule is CNC(=O)CC(CN)c1ccco1. The number of carbonyl (C=O) groups is 1. The van der Waals surface area contributed by atoms with Gasteiger partial charge in [0.05, 0.1) is 6.26 Å². The molecule has 4 nitrogen and oxygen atoms in total. The molecule has 0 saturated carbocycles. The minimum Gasteiger partial charge on any atom is -0.469 e. The lowest BCUT2D eigenvalue weighted by atomic mass is 10.0. The number of furan rings is 1. The highest BCUT2D eigenvalue weighted by Crippen LogP contribution is 2.18. The van der Waals surface area contributed by atoms with Crippen LogP contribution in [0.4, 0.5) is 0 Å². The Labute approximate surface area is 77.1 Å². The number of hydrogen-bond donors (Lipinski definition) is 2. The third kappa shape index (κ3) is 2.59. The Bertz CT molecular complexity index is 257.